The molecule has 0 radical (unpaired) electrons. The zero-order valence-electron chi connectivity index (χ0n) is 18.8. The van der Waals surface area contributed by atoms with Crippen LogP contribution < -0.4 is 10.1 Å². The highest BCUT2D eigenvalue weighted by Crippen LogP contribution is 2.66. The number of phenolic OH excluding ortho intramolecular Hbond substituents is 1. The van der Waals surface area contributed by atoms with E-state index in [0.717, 1.165) is 44.7 Å². The summed E-state index contributed by atoms with van der Waals surface area (Å²) in [6.45, 7) is 2.85. The topological polar surface area (TPSA) is 91.3 Å². The summed E-state index contributed by atoms with van der Waals surface area (Å²) in [5.74, 6) is 0.950. The average Bonchev–Trinajstić information content (AvgIpc) is 3.52. The first-order chi connectivity index (χ1) is 15.5. The van der Waals surface area contributed by atoms with Gasteiger partial charge >= 0.3 is 5.97 Å². The van der Waals surface area contributed by atoms with Gasteiger partial charge in [0.15, 0.2) is 11.5 Å². The molecule has 0 aromatic heterocycles. The maximum atomic E-state index is 10.9. The molecule has 3 fully saturated rings. The molecule has 2 saturated carbocycles. The van der Waals surface area contributed by atoms with Gasteiger partial charge in [-0.2, -0.15) is 0 Å². The number of aliphatic carboxylic acids is 1. The number of piperidine rings is 1. The lowest BCUT2D eigenvalue weighted by molar-refractivity contribution is -0.207. The molecular weight excluding hydrogens is 408 g/mol. The van der Waals surface area contributed by atoms with Crippen molar-refractivity contribution in [3.05, 3.63) is 23.3 Å². The summed E-state index contributed by atoms with van der Waals surface area (Å²) in [6.07, 6.45) is 7.11. The van der Waals surface area contributed by atoms with Crippen LogP contribution in [0.5, 0.6) is 11.5 Å². The van der Waals surface area contributed by atoms with Crippen LogP contribution in [0.1, 0.15) is 56.1 Å². The predicted octanol–water partition coefficient (Wildman–Crippen LogP) is 2.43. The Morgan fingerprint density at radius 1 is 1.31 bits per heavy atom. The van der Waals surface area contributed by atoms with Crippen molar-refractivity contribution in [2.24, 2.45) is 5.92 Å². The molecule has 7 nitrogen and oxygen atoms in total. The number of nitrogens with zero attached hydrogens (tertiary/aromatic N) is 1. The monoisotopic (exact) mass is 442 g/mol. The smallest absolute Gasteiger partial charge is 0.303 e. The molecule has 3 N–H and O–H groups in total. The van der Waals surface area contributed by atoms with Crippen LogP contribution >= 0.6 is 0 Å². The minimum Gasteiger partial charge on any atom is -0.504 e. The van der Waals surface area contributed by atoms with Crippen LogP contribution in [-0.2, 0) is 21.4 Å². The second-order valence-corrected chi connectivity index (χ2v) is 10.6. The molecule has 5 aliphatic rings. The van der Waals surface area contributed by atoms with E-state index < -0.39 is 5.97 Å². The highest BCUT2D eigenvalue weighted by Gasteiger charge is 2.73. The highest BCUT2D eigenvalue weighted by atomic mass is 16.5. The highest BCUT2D eigenvalue weighted by molar-refractivity contribution is 5.66. The number of carbonyl (C=O) groups is 1. The van der Waals surface area contributed by atoms with Gasteiger partial charge in [-0.15, -0.1) is 0 Å². The summed E-state index contributed by atoms with van der Waals surface area (Å²) < 4.78 is 13.2. The van der Waals surface area contributed by atoms with E-state index in [2.05, 4.69) is 16.3 Å². The number of carboxylic acid groups (broad SMARTS) is 1. The molecular formula is C25H34N2O5. The average molecular weight is 443 g/mol. The van der Waals surface area contributed by atoms with Gasteiger partial charge < -0.3 is 25.0 Å². The van der Waals surface area contributed by atoms with Gasteiger partial charge in [0, 0.05) is 37.7 Å². The van der Waals surface area contributed by atoms with Gasteiger partial charge in [-0.05, 0) is 75.6 Å². The first kappa shape index (κ1) is 20.8. The SMILES string of the molecule is CO[C@@]12CCC(NCCCC(=O)O)C3Oc4c(O)ccc5c4[C@@]31CCN(CC1CC1)[C@@H]2C5. The van der Waals surface area contributed by atoms with Gasteiger partial charge in [-0.25, -0.2) is 0 Å². The van der Waals surface area contributed by atoms with E-state index >= 15 is 0 Å². The molecule has 6 rings (SSSR count). The molecule has 1 saturated heterocycles. The molecule has 1 aromatic rings. The standard InChI is InChI=1S/C25H34N2O5/c1-31-25-9-8-17(26-11-2-3-20(29)30)23-24(25)10-12-27(14-15-4-5-15)19(25)13-16-6-7-18(28)22(32-23)21(16)24/h6-7,15,17,19,23,26,28H,2-5,8-14H2,1H3,(H,29,30)/t17?,19-,23?,24+,25-/m1/s1. The number of carboxylic acids is 1. The third-order valence-electron chi connectivity index (χ3n) is 9.06. The van der Waals surface area contributed by atoms with Crippen molar-refractivity contribution >= 4 is 5.97 Å². The number of likely N-dealkylation sites (tertiary alicyclic amines) is 1. The van der Waals surface area contributed by atoms with Crippen molar-refractivity contribution in [1.29, 1.82) is 0 Å². The van der Waals surface area contributed by atoms with Crippen molar-refractivity contribution < 1.29 is 24.5 Å². The van der Waals surface area contributed by atoms with E-state index in [9.17, 15) is 9.90 Å². The van der Waals surface area contributed by atoms with Gasteiger partial charge in [0.2, 0.25) is 0 Å². The fourth-order valence-corrected chi connectivity index (χ4v) is 7.61. The molecule has 32 heavy (non-hydrogen) atoms. The fourth-order valence-electron chi connectivity index (χ4n) is 7.61. The molecule has 2 heterocycles. The van der Waals surface area contributed by atoms with Crippen LogP contribution in [0.25, 0.3) is 0 Å². The minimum atomic E-state index is -0.760. The van der Waals surface area contributed by atoms with Gasteiger partial charge in [0.05, 0.1) is 11.0 Å². The van der Waals surface area contributed by atoms with Crippen LogP contribution in [0.2, 0.25) is 0 Å². The molecule has 7 heteroatoms. The Morgan fingerprint density at radius 3 is 2.91 bits per heavy atom. The van der Waals surface area contributed by atoms with Crippen molar-refractivity contribution in [3.63, 3.8) is 0 Å². The number of hydrogen-bond donors (Lipinski definition) is 3. The summed E-state index contributed by atoms with van der Waals surface area (Å²) in [5.41, 5.74) is 1.88. The Kier molecular flexibility index (Phi) is 4.76. The Bertz CT molecular complexity index is 933. The lowest BCUT2D eigenvalue weighted by atomic mass is 9.48. The second kappa shape index (κ2) is 7.34. The zero-order chi connectivity index (χ0) is 22.1. The van der Waals surface area contributed by atoms with Crippen molar-refractivity contribution in [1.82, 2.24) is 10.2 Å². The predicted molar refractivity (Wildman–Crippen MR) is 118 cm³/mol. The number of rotatable bonds is 8. The molecule has 2 aliphatic heterocycles. The number of benzene rings is 1. The van der Waals surface area contributed by atoms with Crippen LogP contribution in [0, 0.1) is 5.92 Å². The van der Waals surface area contributed by atoms with Gasteiger partial charge in [-0.3, -0.25) is 9.69 Å². The van der Waals surface area contributed by atoms with E-state index in [1.54, 1.807) is 6.07 Å². The van der Waals surface area contributed by atoms with Crippen molar-refractivity contribution in [2.75, 3.05) is 26.7 Å². The molecule has 1 spiro atoms. The van der Waals surface area contributed by atoms with E-state index in [-0.39, 0.29) is 35.3 Å². The molecule has 3 aliphatic carbocycles. The second-order valence-electron chi connectivity index (χ2n) is 10.6. The largest absolute Gasteiger partial charge is 0.504 e. The third kappa shape index (κ3) is 2.74. The quantitative estimate of drug-likeness (QED) is 0.533. The number of hydrogen-bond acceptors (Lipinski definition) is 6. The lowest BCUT2D eigenvalue weighted by Gasteiger charge is -2.65. The molecule has 0 amide bonds. The lowest BCUT2D eigenvalue weighted by Crippen LogP contribution is -2.78. The number of nitrogens with one attached hydrogen (secondary N) is 1. The zero-order valence-corrected chi connectivity index (χ0v) is 18.8. The van der Waals surface area contributed by atoms with Crippen molar-refractivity contribution in [3.8, 4) is 11.5 Å². The maximum Gasteiger partial charge on any atom is 0.303 e. The summed E-state index contributed by atoms with van der Waals surface area (Å²) in [6, 6.07) is 4.32. The van der Waals surface area contributed by atoms with Gasteiger partial charge in [0.1, 0.15) is 6.10 Å². The Morgan fingerprint density at radius 2 is 2.16 bits per heavy atom. The number of aromatic hydroxyl groups is 1. The Hall–Kier alpha value is -1.83. The molecule has 174 valence electrons. The fraction of sp³-hybridized carbons (Fsp3) is 0.720. The number of phenols is 1. The van der Waals surface area contributed by atoms with Gasteiger partial charge in [-0.1, -0.05) is 6.07 Å². The summed E-state index contributed by atoms with van der Waals surface area (Å²) in [5, 5.41) is 23.4. The maximum absolute atomic E-state index is 10.9. The van der Waals surface area contributed by atoms with Crippen LogP contribution in [-0.4, -0.2) is 71.6 Å². The molecule has 2 unspecified atom stereocenters. The summed E-state index contributed by atoms with van der Waals surface area (Å²) in [4.78, 5) is 13.6. The Balaban J connectivity index is 1.40. The van der Waals surface area contributed by atoms with E-state index in [0.29, 0.717) is 24.8 Å². The molecule has 5 atom stereocenters. The number of methoxy groups -OCH3 is 1. The summed E-state index contributed by atoms with van der Waals surface area (Å²) in [7, 11) is 1.87. The Labute approximate surface area is 189 Å². The van der Waals surface area contributed by atoms with Crippen LogP contribution in [0.15, 0.2) is 12.1 Å². The van der Waals surface area contributed by atoms with Gasteiger partial charge in [0.25, 0.3) is 0 Å². The van der Waals surface area contributed by atoms with Crippen molar-refractivity contribution in [2.45, 2.75) is 80.6 Å². The third-order valence-corrected chi connectivity index (χ3v) is 9.06. The molecule has 2 bridgehead atoms. The first-order valence-electron chi connectivity index (χ1n) is 12.3. The van der Waals surface area contributed by atoms with Crippen LogP contribution in [0.3, 0.4) is 0 Å². The minimum absolute atomic E-state index is 0.112. The summed E-state index contributed by atoms with van der Waals surface area (Å²) >= 11 is 0. The van der Waals surface area contributed by atoms with E-state index in [4.69, 9.17) is 14.6 Å². The molecule has 1 aromatic carbocycles. The first-order valence-corrected chi connectivity index (χ1v) is 12.3. The number of ether oxygens (including phenoxy) is 2. The van der Waals surface area contributed by atoms with E-state index in [1.807, 2.05) is 7.11 Å². The van der Waals surface area contributed by atoms with Crippen LogP contribution in [0.4, 0.5) is 0 Å². The van der Waals surface area contributed by atoms with E-state index in [1.165, 1.54) is 24.0 Å². The normalized spacial score (nSPS) is 37.1.